The van der Waals surface area contributed by atoms with Gasteiger partial charge in [-0.1, -0.05) is 351 Å². The zero-order valence-electron chi connectivity index (χ0n) is 46.3. The van der Waals surface area contributed by atoms with Gasteiger partial charge in [0.05, 0.1) is 0 Å². The molecule has 13 heteroatoms. The minimum absolute atomic E-state index is 0. The monoisotopic (exact) mass is 1250 g/mol. The van der Waals surface area contributed by atoms with Gasteiger partial charge in [0.2, 0.25) is 0 Å². The first kappa shape index (κ1) is 61.3. The maximum atomic E-state index is 5.92. The average molecular weight is 1260 g/mol. The zero-order valence-corrected chi connectivity index (χ0v) is 57.6. The van der Waals surface area contributed by atoms with Crippen molar-refractivity contribution >= 4 is 114 Å². The fourth-order valence-electron chi connectivity index (χ4n) is 9.15. The Morgan fingerprint density at radius 3 is 0.733 bits per heavy atom. The maximum Gasteiger partial charge on any atom is 3.00 e. The van der Waals surface area contributed by atoms with Gasteiger partial charge in [-0.25, -0.2) is 0 Å². The largest absolute Gasteiger partial charge is 3.00 e. The molecule has 0 aliphatic rings. The molecule has 0 atom stereocenters. The summed E-state index contributed by atoms with van der Waals surface area (Å²) in [5.74, 6) is 0. The van der Waals surface area contributed by atoms with Crippen LogP contribution in [0.4, 0.5) is 0 Å². The molecule has 0 N–H and O–H groups in total. The van der Waals surface area contributed by atoms with E-state index in [4.69, 9.17) is 18.7 Å². The number of hydrogen-bond donors (Lipinski definition) is 0. The van der Waals surface area contributed by atoms with Crippen LogP contribution < -0.4 is 42.4 Å². The molecule has 0 heterocycles. The molecule has 0 aliphatic carbocycles. The molecule has 0 amide bonds. The number of nitrogens with zero attached hydrogens (tertiary/aromatic N) is 4. The van der Waals surface area contributed by atoms with E-state index < -0.39 is 61.1 Å². The third kappa shape index (κ3) is 16.1. The van der Waals surface area contributed by atoms with Crippen molar-refractivity contribution in [2.45, 2.75) is 78.6 Å². The SMILES string of the molecule is C[Si](C)(C)N=P(C=P([N-][Si](C)(C)C)(c1ccccc1)c1ccccc1)(c1ccccc1)c1ccccc1.C[Si](C)(C)[N-]P(=C=P([N-][Si](C)(C)C)(c1ccccc1)c1ccccc1)(c1ccccc1)c1ccccc1.[Pr+3]. The van der Waals surface area contributed by atoms with E-state index in [2.05, 4.69) is 332 Å². The van der Waals surface area contributed by atoms with E-state index in [0.29, 0.717) is 0 Å². The van der Waals surface area contributed by atoms with Gasteiger partial charge in [-0.2, -0.15) is 5.17 Å². The van der Waals surface area contributed by atoms with Crippen LogP contribution in [0.5, 0.6) is 0 Å². The molecule has 384 valence electrons. The van der Waals surface area contributed by atoms with Crippen molar-refractivity contribution in [2.75, 3.05) is 0 Å². The maximum absolute atomic E-state index is 5.92. The second-order valence-corrected chi connectivity index (χ2v) is 54.3. The Balaban J connectivity index is 0.000000241. The van der Waals surface area contributed by atoms with E-state index >= 15 is 0 Å². The van der Waals surface area contributed by atoms with Crippen LogP contribution in [0.3, 0.4) is 0 Å². The Hall–Kier alpha value is -2.96. The molecular weight excluding hydrogens is 1180 g/mol. The molecule has 8 rings (SSSR count). The van der Waals surface area contributed by atoms with Gasteiger partial charge >= 0.3 is 41.3 Å². The molecule has 4 nitrogen and oxygen atoms in total. The molecule has 0 spiro atoms. The van der Waals surface area contributed by atoms with Crippen molar-refractivity contribution in [3.05, 3.63) is 257 Å². The van der Waals surface area contributed by atoms with Gasteiger partial charge in [0.1, 0.15) is 0 Å². The topological polar surface area (TPSA) is 54.7 Å². The van der Waals surface area contributed by atoms with Crippen molar-refractivity contribution in [1.29, 1.82) is 0 Å². The summed E-state index contributed by atoms with van der Waals surface area (Å²) in [4.78, 5) is 0. The third-order valence-electron chi connectivity index (χ3n) is 11.6. The summed E-state index contributed by atoms with van der Waals surface area (Å²) in [6.45, 7) is 28.2. The molecule has 8 aromatic rings. The van der Waals surface area contributed by atoms with Crippen molar-refractivity contribution in [3.8, 4) is 0 Å². The summed E-state index contributed by atoms with van der Waals surface area (Å²) in [5.41, 5.74) is 2.69. The Morgan fingerprint density at radius 2 is 0.520 bits per heavy atom. The Morgan fingerprint density at radius 1 is 0.307 bits per heavy atom. The molecule has 0 fully saturated rings. The average Bonchev–Trinajstić information content (AvgIpc) is 3.38. The van der Waals surface area contributed by atoms with Crippen LogP contribution in [0.1, 0.15) is 0 Å². The number of benzene rings is 8. The van der Waals surface area contributed by atoms with Crippen molar-refractivity contribution in [3.63, 3.8) is 0 Å². The van der Waals surface area contributed by atoms with Gasteiger partial charge in [-0.15, -0.1) is 21.1 Å². The Labute approximate surface area is 490 Å². The molecule has 0 aliphatic heterocycles. The summed E-state index contributed by atoms with van der Waals surface area (Å²) in [6, 6.07) is 87.8. The number of rotatable bonds is 16. The van der Waals surface area contributed by atoms with Crippen molar-refractivity contribution < 1.29 is 41.3 Å². The van der Waals surface area contributed by atoms with Gasteiger partial charge < -0.3 is 18.7 Å². The quantitative estimate of drug-likeness (QED) is 0.0684. The minimum Gasteiger partial charge on any atom is -0.631 e. The van der Waals surface area contributed by atoms with Crippen molar-refractivity contribution in [1.82, 2.24) is 0 Å². The second kappa shape index (κ2) is 26.3. The summed E-state index contributed by atoms with van der Waals surface area (Å²) in [5, 5.41) is 14.7. The van der Waals surface area contributed by atoms with E-state index in [0.717, 1.165) is 0 Å². The van der Waals surface area contributed by atoms with Crippen LogP contribution >= 0.6 is 28.2 Å². The standard InChI is InChI=1S/C31H39N2P2Si2.C31H38N2P2Si2.Pr/c2*1-36(2,3)32-34(28-19-11-7-12-20-28,29-21-13-8-14-22-29)27-35(33-37(4,5)6,30-23-15-9-16-24-30)31-25-17-10-18-26-31;/h7-27H,1-6H3;7-26H,1-6H3;/q-1;-2;+3. The summed E-state index contributed by atoms with van der Waals surface area (Å²) < 4.78 is 23.6. The predicted molar refractivity (Wildman–Crippen MR) is 353 cm³/mol. The van der Waals surface area contributed by atoms with E-state index in [1.54, 1.807) is 0 Å². The molecule has 75 heavy (non-hydrogen) atoms. The first-order valence-corrected chi connectivity index (χ1v) is 46.6. The van der Waals surface area contributed by atoms with Crippen LogP contribution in [0.2, 0.25) is 78.6 Å². The second-order valence-electron chi connectivity index (χ2n) is 22.6. The first-order valence-electron chi connectivity index (χ1n) is 25.7. The van der Waals surface area contributed by atoms with Gasteiger partial charge in [0, 0.05) is 7.05 Å². The normalized spacial score (nSPS) is 12.5. The summed E-state index contributed by atoms with van der Waals surface area (Å²) in [6.07, 6.45) is 0. The fourth-order valence-corrected chi connectivity index (χ4v) is 43.8. The number of hydrogen-bond acceptors (Lipinski definition) is 1. The van der Waals surface area contributed by atoms with Gasteiger partial charge in [0.25, 0.3) is 0 Å². The van der Waals surface area contributed by atoms with E-state index in [9.17, 15) is 0 Å². The molecule has 0 saturated carbocycles. The smallest absolute Gasteiger partial charge is 0.631 e. The van der Waals surface area contributed by atoms with Crippen LogP contribution in [-0.2, 0) is 0 Å². The molecule has 0 saturated heterocycles. The Kier molecular flexibility index (Phi) is 21.5. The Bertz CT molecular complexity index is 3000. The van der Waals surface area contributed by atoms with Crippen LogP contribution in [0, 0.1) is 41.3 Å². The van der Waals surface area contributed by atoms with Gasteiger partial charge in [-0.3, -0.25) is 0 Å². The third-order valence-corrected chi connectivity index (χ3v) is 39.6. The summed E-state index contributed by atoms with van der Waals surface area (Å²) >= 11 is 0. The van der Waals surface area contributed by atoms with Gasteiger partial charge in [-0.05, 0) is 42.4 Å². The van der Waals surface area contributed by atoms with Crippen LogP contribution in [-0.4, -0.2) is 43.7 Å². The molecule has 8 aromatic carbocycles. The zero-order chi connectivity index (χ0) is 53.1. The van der Waals surface area contributed by atoms with Crippen LogP contribution in [0.25, 0.3) is 14.3 Å². The van der Waals surface area contributed by atoms with E-state index in [1.165, 1.54) is 42.4 Å². The van der Waals surface area contributed by atoms with Crippen molar-refractivity contribution in [2.24, 2.45) is 4.41 Å². The first-order chi connectivity index (χ1) is 35.1. The molecule has 0 unspecified atom stereocenters. The summed E-state index contributed by atoms with van der Waals surface area (Å²) in [7, 11) is -17.1. The van der Waals surface area contributed by atoms with E-state index in [-0.39, 0.29) is 41.3 Å². The van der Waals surface area contributed by atoms with Crippen LogP contribution in [0.15, 0.2) is 247 Å². The fraction of sp³-hybridized carbons (Fsp3) is 0.194. The minimum atomic E-state index is -2.45. The molecule has 0 bridgehead atoms. The van der Waals surface area contributed by atoms with Gasteiger partial charge in [0.15, 0.2) is 8.24 Å². The molecule has 0 aromatic heterocycles. The van der Waals surface area contributed by atoms with E-state index in [1.807, 2.05) is 0 Å². The molecule has 0 radical (unpaired) electrons. The predicted octanol–water partition coefficient (Wildman–Crippen LogP) is 16.4. The molecular formula is C62H77N4P4PrSi4.